The van der Waals surface area contributed by atoms with Crippen LogP contribution in [0, 0.1) is 11.3 Å². The molecule has 0 amide bonds. The molecule has 0 fully saturated rings. The Morgan fingerprint density at radius 3 is 2.67 bits per heavy atom. The van der Waals surface area contributed by atoms with E-state index in [0.717, 1.165) is 18.8 Å². The maximum Gasteiger partial charge on any atom is 0.141 e. The highest BCUT2D eigenvalue weighted by atomic mass is 16.5. The molecule has 1 rings (SSSR count). The molecule has 1 aromatic rings. The molecule has 5 nitrogen and oxygen atoms in total. The third-order valence-corrected chi connectivity index (χ3v) is 2.54. The van der Waals surface area contributed by atoms with Crippen molar-refractivity contribution >= 4 is 11.5 Å². The van der Waals surface area contributed by atoms with E-state index in [-0.39, 0.29) is 5.84 Å². The summed E-state index contributed by atoms with van der Waals surface area (Å²) in [6, 6.07) is 3.72. The van der Waals surface area contributed by atoms with Crippen LogP contribution in [0.15, 0.2) is 18.3 Å². The van der Waals surface area contributed by atoms with Gasteiger partial charge in [-0.15, -0.1) is 0 Å². The first-order valence-electron chi connectivity index (χ1n) is 6.09. The molecule has 0 atom stereocenters. The zero-order chi connectivity index (χ0) is 13.5. The van der Waals surface area contributed by atoms with Crippen LogP contribution in [-0.4, -0.2) is 37.6 Å². The fourth-order valence-electron chi connectivity index (χ4n) is 1.70. The molecule has 0 radical (unpaired) electrons. The van der Waals surface area contributed by atoms with Gasteiger partial charge in [-0.25, -0.2) is 0 Å². The molecule has 1 aromatic heterocycles. The smallest absolute Gasteiger partial charge is 0.141 e. The molecule has 18 heavy (non-hydrogen) atoms. The maximum absolute atomic E-state index is 7.32. The van der Waals surface area contributed by atoms with Gasteiger partial charge in [0.1, 0.15) is 11.5 Å². The number of nitrogen functional groups attached to an aromatic ring is 1. The molecule has 0 aliphatic carbocycles. The quantitative estimate of drug-likeness (QED) is 0.567. The number of hydrogen-bond acceptors (Lipinski definition) is 4. The molecule has 0 bridgehead atoms. The summed E-state index contributed by atoms with van der Waals surface area (Å²) >= 11 is 0. The van der Waals surface area contributed by atoms with E-state index in [1.54, 1.807) is 19.4 Å². The SMILES string of the molecule is COCCN(CC(C)C)c1ccc(C(=N)N)nc1. The Morgan fingerprint density at radius 1 is 1.50 bits per heavy atom. The number of ether oxygens (including phenoxy) is 1. The van der Waals surface area contributed by atoms with E-state index in [2.05, 4.69) is 23.7 Å². The Labute approximate surface area is 108 Å². The lowest BCUT2D eigenvalue weighted by atomic mass is 10.2. The van der Waals surface area contributed by atoms with Crippen molar-refractivity contribution in [2.75, 3.05) is 31.7 Å². The topological polar surface area (TPSA) is 75.2 Å². The summed E-state index contributed by atoms with van der Waals surface area (Å²) < 4.78 is 5.12. The first-order valence-corrected chi connectivity index (χ1v) is 6.09. The van der Waals surface area contributed by atoms with Gasteiger partial charge in [-0.2, -0.15) is 0 Å². The number of aromatic nitrogens is 1. The summed E-state index contributed by atoms with van der Waals surface area (Å²) in [6.07, 6.45) is 1.76. The van der Waals surface area contributed by atoms with E-state index in [4.69, 9.17) is 15.9 Å². The molecular weight excluding hydrogens is 228 g/mol. The van der Waals surface area contributed by atoms with Crippen LogP contribution < -0.4 is 10.6 Å². The largest absolute Gasteiger partial charge is 0.383 e. The van der Waals surface area contributed by atoms with Crippen LogP contribution in [0.4, 0.5) is 5.69 Å². The Hall–Kier alpha value is -1.62. The molecule has 5 heteroatoms. The number of nitrogens with zero attached hydrogens (tertiary/aromatic N) is 2. The minimum atomic E-state index is -0.00569. The van der Waals surface area contributed by atoms with Gasteiger partial charge in [-0.3, -0.25) is 10.4 Å². The monoisotopic (exact) mass is 250 g/mol. The number of amidine groups is 1. The normalized spacial score (nSPS) is 10.7. The van der Waals surface area contributed by atoms with Gasteiger partial charge < -0.3 is 15.4 Å². The zero-order valence-electron chi connectivity index (χ0n) is 11.3. The summed E-state index contributed by atoms with van der Waals surface area (Å²) in [7, 11) is 1.70. The fraction of sp³-hybridized carbons (Fsp3) is 0.538. The van der Waals surface area contributed by atoms with Gasteiger partial charge in [-0.1, -0.05) is 13.8 Å². The van der Waals surface area contributed by atoms with Crippen LogP contribution in [0.2, 0.25) is 0 Å². The van der Waals surface area contributed by atoms with Crippen molar-refractivity contribution in [1.29, 1.82) is 5.41 Å². The van der Waals surface area contributed by atoms with Crippen molar-refractivity contribution in [3.8, 4) is 0 Å². The van der Waals surface area contributed by atoms with Crippen LogP contribution in [0.1, 0.15) is 19.5 Å². The number of rotatable bonds is 7. The van der Waals surface area contributed by atoms with Gasteiger partial charge in [0.15, 0.2) is 0 Å². The van der Waals surface area contributed by atoms with Crippen LogP contribution in [0.3, 0.4) is 0 Å². The van der Waals surface area contributed by atoms with E-state index in [1.807, 2.05) is 6.07 Å². The molecule has 100 valence electrons. The fourth-order valence-corrected chi connectivity index (χ4v) is 1.70. The molecule has 0 unspecified atom stereocenters. The Morgan fingerprint density at radius 2 is 2.22 bits per heavy atom. The minimum absolute atomic E-state index is 0.00569. The molecule has 0 saturated carbocycles. The second kappa shape index (κ2) is 6.96. The Bertz CT molecular complexity index is 375. The van der Waals surface area contributed by atoms with E-state index in [9.17, 15) is 0 Å². The average Bonchev–Trinajstić information content (AvgIpc) is 2.34. The lowest BCUT2D eigenvalue weighted by molar-refractivity contribution is 0.204. The van der Waals surface area contributed by atoms with Gasteiger partial charge in [0.2, 0.25) is 0 Å². The summed E-state index contributed by atoms with van der Waals surface area (Å²) in [4.78, 5) is 6.41. The van der Waals surface area contributed by atoms with Gasteiger partial charge in [-0.05, 0) is 18.1 Å². The van der Waals surface area contributed by atoms with Crippen molar-refractivity contribution in [2.24, 2.45) is 11.7 Å². The highest BCUT2D eigenvalue weighted by Crippen LogP contribution is 2.14. The predicted molar refractivity (Wildman–Crippen MR) is 74.2 cm³/mol. The molecular formula is C13H22N4O. The van der Waals surface area contributed by atoms with Gasteiger partial charge in [0, 0.05) is 20.2 Å². The molecule has 0 aliphatic heterocycles. The van der Waals surface area contributed by atoms with Crippen molar-refractivity contribution < 1.29 is 4.74 Å². The molecule has 3 N–H and O–H groups in total. The molecule has 0 saturated heterocycles. The standard InChI is InChI=1S/C13H22N4O/c1-10(2)9-17(6-7-18-3)11-4-5-12(13(14)15)16-8-11/h4-5,8,10H,6-7,9H2,1-3H3,(H3,14,15). The summed E-state index contributed by atoms with van der Waals surface area (Å²) in [6.45, 7) is 6.82. The highest BCUT2D eigenvalue weighted by Gasteiger charge is 2.09. The Kier molecular flexibility index (Phi) is 5.58. The van der Waals surface area contributed by atoms with Gasteiger partial charge in [0.05, 0.1) is 18.5 Å². The number of methoxy groups -OCH3 is 1. The van der Waals surface area contributed by atoms with E-state index in [1.165, 1.54) is 0 Å². The summed E-state index contributed by atoms with van der Waals surface area (Å²) in [5.41, 5.74) is 6.93. The first kappa shape index (κ1) is 14.4. The van der Waals surface area contributed by atoms with Gasteiger partial charge in [0.25, 0.3) is 0 Å². The van der Waals surface area contributed by atoms with Crippen LogP contribution in [0.25, 0.3) is 0 Å². The summed E-state index contributed by atoms with van der Waals surface area (Å²) in [5, 5.41) is 7.32. The number of anilines is 1. The third kappa shape index (κ3) is 4.33. The third-order valence-electron chi connectivity index (χ3n) is 2.54. The van der Waals surface area contributed by atoms with E-state index >= 15 is 0 Å². The Balaban J connectivity index is 2.80. The summed E-state index contributed by atoms with van der Waals surface area (Å²) in [5.74, 6) is 0.559. The number of pyridine rings is 1. The number of nitrogens with two attached hydrogens (primary N) is 1. The van der Waals surface area contributed by atoms with Gasteiger partial charge >= 0.3 is 0 Å². The van der Waals surface area contributed by atoms with Crippen molar-refractivity contribution in [2.45, 2.75) is 13.8 Å². The second-order valence-electron chi connectivity index (χ2n) is 4.65. The van der Waals surface area contributed by atoms with Crippen molar-refractivity contribution in [3.05, 3.63) is 24.0 Å². The highest BCUT2D eigenvalue weighted by molar-refractivity contribution is 5.93. The lowest BCUT2D eigenvalue weighted by Gasteiger charge is -2.26. The van der Waals surface area contributed by atoms with Crippen molar-refractivity contribution in [3.63, 3.8) is 0 Å². The number of nitrogens with one attached hydrogen (secondary N) is 1. The number of hydrogen-bond donors (Lipinski definition) is 2. The van der Waals surface area contributed by atoms with Crippen LogP contribution in [0.5, 0.6) is 0 Å². The maximum atomic E-state index is 7.32. The average molecular weight is 250 g/mol. The second-order valence-corrected chi connectivity index (χ2v) is 4.65. The first-order chi connectivity index (χ1) is 8.54. The van der Waals surface area contributed by atoms with Crippen LogP contribution in [-0.2, 0) is 4.74 Å². The molecule has 0 aromatic carbocycles. The molecule has 1 heterocycles. The predicted octanol–water partition coefficient (Wildman–Crippen LogP) is 1.47. The zero-order valence-corrected chi connectivity index (χ0v) is 11.3. The lowest BCUT2D eigenvalue weighted by Crippen LogP contribution is -2.31. The van der Waals surface area contributed by atoms with Crippen LogP contribution >= 0.6 is 0 Å². The van der Waals surface area contributed by atoms with Crippen molar-refractivity contribution in [1.82, 2.24) is 4.98 Å². The molecule has 0 aliphatic rings. The minimum Gasteiger partial charge on any atom is -0.383 e. The molecule has 0 spiro atoms. The van der Waals surface area contributed by atoms with E-state index in [0.29, 0.717) is 18.2 Å². The van der Waals surface area contributed by atoms with E-state index < -0.39 is 0 Å².